The van der Waals surface area contributed by atoms with Crippen LogP contribution in [-0.2, 0) is 19.3 Å². The van der Waals surface area contributed by atoms with Crippen LogP contribution in [0, 0.1) is 0 Å². The Kier molecular flexibility index (Phi) is 5.34. The Labute approximate surface area is 191 Å². The Morgan fingerprint density at radius 3 is 2.45 bits per heavy atom. The summed E-state index contributed by atoms with van der Waals surface area (Å²) in [5.41, 5.74) is 0.0207. The van der Waals surface area contributed by atoms with Gasteiger partial charge >= 0.3 is 6.18 Å². The number of hydrogen-bond acceptors (Lipinski definition) is 5. The Morgan fingerprint density at radius 2 is 1.76 bits per heavy atom. The molecule has 1 aliphatic heterocycles. The van der Waals surface area contributed by atoms with Crippen molar-refractivity contribution in [3.63, 3.8) is 0 Å². The smallest absolute Gasteiger partial charge is 0.450 e. The van der Waals surface area contributed by atoms with Gasteiger partial charge < -0.3 is 9.15 Å². The summed E-state index contributed by atoms with van der Waals surface area (Å²) in [4.78, 5) is 19.2. The molecule has 1 aliphatic rings. The first kappa shape index (κ1) is 21.5. The van der Waals surface area contributed by atoms with E-state index in [1.807, 2.05) is 17.0 Å². The fourth-order valence-electron chi connectivity index (χ4n) is 3.94. The molecule has 0 spiro atoms. The van der Waals surface area contributed by atoms with E-state index in [4.69, 9.17) is 20.8 Å². The van der Waals surface area contributed by atoms with Gasteiger partial charge in [-0.05, 0) is 47.5 Å². The number of alkyl halides is 3. The molecule has 168 valence electrons. The second-order valence-electron chi connectivity index (χ2n) is 7.67. The molecule has 0 N–H and O–H groups in total. The predicted molar refractivity (Wildman–Crippen MR) is 117 cm³/mol. The second-order valence-corrected chi connectivity index (χ2v) is 8.11. The number of aromatic nitrogens is 1. The van der Waals surface area contributed by atoms with Crippen LogP contribution in [0.3, 0.4) is 0 Å². The molecule has 0 fully saturated rings. The van der Waals surface area contributed by atoms with Gasteiger partial charge in [-0.25, -0.2) is 0 Å². The zero-order valence-corrected chi connectivity index (χ0v) is 17.8. The molecule has 3 heterocycles. The zero-order chi connectivity index (χ0) is 23.2. The molecule has 0 unspecified atom stereocenters. The van der Waals surface area contributed by atoms with Crippen molar-refractivity contribution in [3.05, 3.63) is 93.1 Å². The normalized spacial score (nSPS) is 14.2. The predicted octanol–water partition coefficient (Wildman–Crippen LogP) is 5.88. The van der Waals surface area contributed by atoms with Crippen LogP contribution in [0.1, 0.15) is 16.9 Å². The van der Waals surface area contributed by atoms with Gasteiger partial charge in [0.05, 0.1) is 16.5 Å². The van der Waals surface area contributed by atoms with Crippen molar-refractivity contribution in [2.45, 2.75) is 19.3 Å². The summed E-state index contributed by atoms with van der Waals surface area (Å²) < 4.78 is 53.2. The van der Waals surface area contributed by atoms with Gasteiger partial charge in [-0.15, -0.1) is 0 Å². The van der Waals surface area contributed by atoms with E-state index in [2.05, 4.69) is 4.98 Å². The third kappa shape index (κ3) is 4.07. The summed E-state index contributed by atoms with van der Waals surface area (Å²) in [6.45, 7) is 1.01. The highest BCUT2D eigenvalue weighted by atomic mass is 35.5. The lowest BCUT2D eigenvalue weighted by atomic mass is 10.00. The first-order valence-electron chi connectivity index (χ1n) is 10.0. The van der Waals surface area contributed by atoms with Crippen LogP contribution in [0.25, 0.3) is 22.1 Å². The van der Waals surface area contributed by atoms with Gasteiger partial charge in [-0.3, -0.25) is 14.7 Å². The monoisotopic (exact) mass is 472 g/mol. The molecule has 0 amide bonds. The molecule has 33 heavy (non-hydrogen) atoms. The third-order valence-corrected chi connectivity index (χ3v) is 5.70. The van der Waals surface area contributed by atoms with Crippen LogP contribution in [0.15, 0.2) is 70.1 Å². The standard InChI is InChI=1S/C24H16ClF3N2O3/c25-16-3-1-15(2-4-16)20-21(31)17-5-6-19-18(22(17)33-23(20)24(26,27)28)12-30(13-32-19)11-14-7-9-29-10-8-14/h1-10H,11-13H2. The van der Waals surface area contributed by atoms with E-state index in [-0.39, 0.29) is 29.8 Å². The number of ether oxygens (including phenoxy) is 1. The van der Waals surface area contributed by atoms with E-state index in [1.54, 1.807) is 18.5 Å². The quantitative estimate of drug-likeness (QED) is 0.373. The van der Waals surface area contributed by atoms with E-state index >= 15 is 0 Å². The zero-order valence-electron chi connectivity index (χ0n) is 17.0. The molecule has 5 nitrogen and oxygen atoms in total. The molecule has 0 radical (unpaired) electrons. The second kappa shape index (κ2) is 8.20. The fraction of sp³-hybridized carbons (Fsp3) is 0.167. The maximum atomic E-state index is 14.0. The minimum Gasteiger partial charge on any atom is -0.478 e. The Hall–Kier alpha value is -3.36. The lowest BCUT2D eigenvalue weighted by molar-refractivity contribution is -0.152. The molecule has 0 saturated heterocycles. The molecule has 9 heteroatoms. The molecule has 2 aromatic heterocycles. The summed E-state index contributed by atoms with van der Waals surface area (Å²) in [5.74, 6) is -0.953. The third-order valence-electron chi connectivity index (χ3n) is 5.45. The first-order chi connectivity index (χ1) is 15.8. The van der Waals surface area contributed by atoms with Crippen LogP contribution in [0.4, 0.5) is 13.2 Å². The van der Waals surface area contributed by atoms with Crippen molar-refractivity contribution in [1.29, 1.82) is 0 Å². The van der Waals surface area contributed by atoms with Gasteiger partial charge in [0.2, 0.25) is 11.2 Å². The van der Waals surface area contributed by atoms with Crippen molar-refractivity contribution < 1.29 is 22.3 Å². The summed E-state index contributed by atoms with van der Waals surface area (Å²) in [6, 6.07) is 12.3. The molecule has 0 saturated carbocycles. The van der Waals surface area contributed by atoms with Crippen LogP contribution < -0.4 is 10.2 Å². The highest BCUT2D eigenvalue weighted by Gasteiger charge is 2.40. The average Bonchev–Trinajstić information content (AvgIpc) is 2.79. The minimum absolute atomic E-state index is 0.0565. The average molecular weight is 473 g/mol. The van der Waals surface area contributed by atoms with Crippen LogP contribution in [-0.4, -0.2) is 16.6 Å². The minimum atomic E-state index is -4.88. The number of rotatable bonds is 3. The Bertz CT molecular complexity index is 1390. The number of benzene rings is 2. The van der Waals surface area contributed by atoms with Gasteiger partial charge in [-0.1, -0.05) is 23.7 Å². The molecular formula is C24H16ClF3N2O3. The molecule has 0 bridgehead atoms. The van der Waals surface area contributed by atoms with Gasteiger partial charge in [0.15, 0.2) is 0 Å². The summed E-state index contributed by atoms with van der Waals surface area (Å²) >= 11 is 5.87. The lowest BCUT2D eigenvalue weighted by Gasteiger charge is -2.29. The van der Waals surface area contributed by atoms with E-state index in [9.17, 15) is 18.0 Å². The van der Waals surface area contributed by atoms with Crippen LogP contribution >= 0.6 is 11.6 Å². The summed E-state index contributed by atoms with van der Waals surface area (Å²) in [6.07, 6.45) is -1.55. The van der Waals surface area contributed by atoms with E-state index in [1.165, 1.54) is 30.3 Å². The first-order valence-corrected chi connectivity index (χ1v) is 10.4. The highest BCUT2D eigenvalue weighted by molar-refractivity contribution is 6.30. The fourth-order valence-corrected chi connectivity index (χ4v) is 4.06. The van der Waals surface area contributed by atoms with Crippen molar-refractivity contribution in [2.24, 2.45) is 0 Å². The van der Waals surface area contributed by atoms with Gasteiger partial charge in [0.25, 0.3) is 0 Å². The highest BCUT2D eigenvalue weighted by Crippen LogP contribution is 2.40. The number of fused-ring (bicyclic) bond motifs is 3. The molecule has 0 atom stereocenters. The Morgan fingerprint density at radius 1 is 1.03 bits per heavy atom. The van der Waals surface area contributed by atoms with Gasteiger partial charge in [0.1, 0.15) is 18.1 Å². The molecule has 2 aromatic carbocycles. The van der Waals surface area contributed by atoms with E-state index in [0.29, 0.717) is 22.9 Å². The van der Waals surface area contributed by atoms with Crippen LogP contribution in [0.5, 0.6) is 5.75 Å². The number of pyridine rings is 1. The van der Waals surface area contributed by atoms with E-state index in [0.717, 1.165) is 5.56 Å². The van der Waals surface area contributed by atoms with E-state index < -0.39 is 22.9 Å². The van der Waals surface area contributed by atoms with Crippen molar-refractivity contribution in [1.82, 2.24) is 9.88 Å². The van der Waals surface area contributed by atoms with Gasteiger partial charge in [-0.2, -0.15) is 13.2 Å². The van der Waals surface area contributed by atoms with Crippen molar-refractivity contribution >= 4 is 22.6 Å². The maximum Gasteiger partial charge on any atom is 0.450 e. The number of nitrogens with zero attached hydrogens (tertiary/aromatic N) is 2. The lowest BCUT2D eigenvalue weighted by Crippen LogP contribution is -2.32. The maximum absolute atomic E-state index is 14.0. The van der Waals surface area contributed by atoms with Crippen molar-refractivity contribution in [2.75, 3.05) is 6.73 Å². The topological polar surface area (TPSA) is 55.6 Å². The Balaban J connectivity index is 1.66. The molecule has 0 aliphatic carbocycles. The van der Waals surface area contributed by atoms with Crippen LogP contribution in [0.2, 0.25) is 5.02 Å². The molecule has 5 rings (SSSR count). The molecule has 4 aromatic rings. The SMILES string of the molecule is O=c1c(-c2ccc(Cl)cc2)c(C(F)(F)F)oc2c3c(ccc12)OCN(Cc1ccncc1)C3. The summed E-state index contributed by atoms with van der Waals surface area (Å²) in [5, 5.41) is 0.402. The number of hydrogen-bond donors (Lipinski definition) is 0. The largest absolute Gasteiger partial charge is 0.478 e. The summed E-state index contributed by atoms with van der Waals surface area (Å²) in [7, 11) is 0. The van der Waals surface area contributed by atoms with Gasteiger partial charge in [0, 0.05) is 30.5 Å². The molecular weight excluding hydrogens is 457 g/mol. The van der Waals surface area contributed by atoms with Crippen molar-refractivity contribution in [3.8, 4) is 16.9 Å². The number of halogens is 4.